The van der Waals surface area contributed by atoms with Crippen molar-refractivity contribution in [3.05, 3.63) is 29.8 Å². The first-order valence-electron chi connectivity index (χ1n) is 8.75. The molecule has 0 aliphatic carbocycles. The Morgan fingerprint density at radius 3 is 2.08 bits per heavy atom. The summed E-state index contributed by atoms with van der Waals surface area (Å²) < 4.78 is 10.5. The molecular weight excluding hydrogens is 308 g/mol. The molecule has 0 radical (unpaired) electrons. The number of hydrogen-bond donors (Lipinski definition) is 1. The van der Waals surface area contributed by atoms with Crippen LogP contribution in [0.1, 0.15) is 68.6 Å². The molecule has 0 heterocycles. The van der Waals surface area contributed by atoms with Crippen LogP contribution < -0.4 is 4.74 Å². The second kappa shape index (κ2) is 12.4. The monoisotopic (exact) mass is 336 g/mol. The molecule has 0 unspecified atom stereocenters. The van der Waals surface area contributed by atoms with Crippen molar-refractivity contribution in [3.63, 3.8) is 0 Å². The van der Waals surface area contributed by atoms with Gasteiger partial charge in [-0.05, 0) is 44.0 Å². The molecule has 0 fully saturated rings. The molecule has 0 aliphatic heterocycles. The van der Waals surface area contributed by atoms with Gasteiger partial charge in [-0.3, -0.25) is 4.79 Å². The first-order valence-corrected chi connectivity index (χ1v) is 8.75. The van der Waals surface area contributed by atoms with Gasteiger partial charge < -0.3 is 14.6 Å². The van der Waals surface area contributed by atoms with Gasteiger partial charge in [0.05, 0.1) is 18.8 Å². The Hall–Kier alpha value is -2.04. The van der Waals surface area contributed by atoms with E-state index >= 15 is 0 Å². The summed E-state index contributed by atoms with van der Waals surface area (Å²) in [5.74, 6) is -0.311. The highest BCUT2D eigenvalue weighted by Crippen LogP contribution is 2.14. The van der Waals surface area contributed by atoms with E-state index in [1.54, 1.807) is 24.3 Å². The smallest absolute Gasteiger partial charge is 0.335 e. The molecule has 1 N–H and O–H groups in total. The van der Waals surface area contributed by atoms with Gasteiger partial charge in [0.25, 0.3) is 0 Å². The van der Waals surface area contributed by atoms with Crippen LogP contribution >= 0.6 is 0 Å². The van der Waals surface area contributed by atoms with E-state index in [1.165, 1.54) is 12.8 Å². The van der Waals surface area contributed by atoms with Gasteiger partial charge in [-0.25, -0.2) is 4.79 Å². The number of esters is 1. The third-order valence-corrected chi connectivity index (χ3v) is 3.70. The average Bonchev–Trinajstić information content (AvgIpc) is 2.57. The van der Waals surface area contributed by atoms with Crippen molar-refractivity contribution in [2.24, 2.45) is 0 Å². The Morgan fingerprint density at radius 1 is 0.917 bits per heavy atom. The molecule has 1 aromatic rings. The number of carboxylic acid groups (broad SMARTS) is 1. The lowest BCUT2D eigenvalue weighted by Crippen LogP contribution is -2.03. The first-order chi connectivity index (χ1) is 11.6. The molecule has 0 spiro atoms. The van der Waals surface area contributed by atoms with Crippen LogP contribution in [-0.2, 0) is 9.53 Å². The van der Waals surface area contributed by atoms with Gasteiger partial charge >= 0.3 is 11.9 Å². The lowest BCUT2D eigenvalue weighted by molar-refractivity contribution is -0.143. The fourth-order valence-electron chi connectivity index (χ4n) is 2.37. The molecule has 0 saturated heterocycles. The van der Waals surface area contributed by atoms with Crippen LogP contribution in [0.25, 0.3) is 0 Å². The second-order valence-electron chi connectivity index (χ2n) is 5.71. The molecule has 0 aromatic heterocycles. The topological polar surface area (TPSA) is 72.8 Å². The van der Waals surface area contributed by atoms with E-state index in [0.29, 0.717) is 25.4 Å². The molecule has 0 saturated carbocycles. The van der Waals surface area contributed by atoms with Gasteiger partial charge in [-0.15, -0.1) is 0 Å². The summed E-state index contributed by atoms with van der Waals surface area (Å²) >= 11 is 0. The van der Waals surface area contributed by atoms with Crippen molar-refractivity contribution in [1.29, 1.82) is 0 Å². The molecule has 0 bridgehead atoms. The minimum absolute atomic E-state index is 0.0916. The molecule has 5 nitrogen and oxygen atoms in total. The highest BCUT2D eigenvalue weighted by molar-refractivity contribution is 5.87. The second-order valence-corrected chi connectivity index (χ2v) is 5.71. The number of benzene rings is 1. The van der Waals surface area contributed by atoms with Crippen LogP contribution in [0, 0.1) is 0 Å². The van der Waals surface area contributed by atoms with E-state index in [1.807, 2.05) is 6.92 Å². The largest absolute Gasteiger partial charge is 0.494 e. The summed E-state index contributed by atoms with van der Waals surface area (Å²) in [6.07, 6.45) is 8.12. The Balaban J connectivity index is 1.93. The minimum Gasteiger partial charge on any atom is -0.494 e. The van der Waals surface area contributed by atoms with Crippen LogP contribution in [-0.4, -0.2) is 30.3 Å². The summed E-state index contributed by atoms with van der Waals surface area (Å²) in [5, 5.41) is 8.81. The fourth-order valence-corrected chi connectivity index (χ4v) is 2.37. The predicted molar refractivity (Wildman–Crippen MR) is 92.5 cm³/mol. The maximum absolute atomic E-state index is 11.2. The Labute approximate surface area is 144 Å². The predicted octanol–water partition coefficient (Wildman–Crippen LogP) is 4.45. The lowest BCUT2D eigenvalue weighted by atomic mass is 10.1. The van der Waals surface area contributed by atoms with Crippen LogP contribution in [0.15, 0.2) is 24.3 Å². The number of carbonyl (C=O) groups is 2. The van der Waals surface area contributed by atoms with Crippen molar-refractivity contribution in [2.45, 2.75) is 58.3 Å². The van der Waals surface area contributed by atoms with Gasteiger partial charge in [0.2, 0.25) is 0 Å². The maximum atomic E-state index is 11.2. The minimum atomic E-state index is -0.927. The van der Waals surface area contributed by atoms with Crippen LogP contribution in [0.3, 0.4) is 0 Å². The van der Waals surface area contributed by atoms with Gasteiger partial charge in [-0.1, -0.05) is 32.1 Å². The Kier molecular flexibility index (Phi) is 10.3. The third kappa shape index (κ3) is 9.18. The molecule has 134 valence electrons. The number of carboxylic acids is 1. The third-order valence-electron chi connectivity index (χ3n) is 3.70. The number of carbonyl (C=O) groups excluding carboxylic acids is 1. The average molecular weight is 336 g/mol. The van der Waals surface area contributed by atoms with Crippen molar-refractivity contribution >= 4 is 11.9 Å². The fraction of sp³-hybridized carbons (Fsp3) is 0.579. The summed E-state index contributed by atoms with van der Waals surface area (Å²) in [7, 11) is 0. The number of ether oxygens (including phenoxy) is 2. The van der Waals surface area contributed by atoms with Gasteiger partial charge in [0, 0.05) is 6.42 Å². The highest BCUT2D eigenvalue weighted by Gasteiger charge is 2.02. The number of rotatable bonds is 13. The van der Waals surface area contributed by atoms with Gasteiger partial charge in [0.1, 0.15) is 5.75 Å². The normalized spacial score (nSPS) is 10.4. The first kappa shape index (κ1) is 20.0. The Morgan fingerprint density at radius 2 is 1.50 bits per heavy atom. The highest BCUT2D eigenvalue weighted by atomic mass is 16.5. The molecule has 0 aliphatic rings. The zero-order valence-electron chi connectivity index (χ0n) is 14.5. The molecule has 0 atom stereocenters. The molecule has 0 amide bonds. The van der Waals surface area contributed by atoms with Crippen molar-refractivity contribution in [3.8, 4) is 5.75 Å². The number of aromatic carboxylic acids is 1. The van der Waals surface area contributed by atoms with E-state index in [2.05, 4.69) is 0 Å². The van der Waals surface area contributed by atoms with Crippen LogP contribution in [0.4, 0.5) is 0 Å². The zero-order chi connectivity index (χ0) is 17.6. The SMILES string of the molecule is CCOC(=O)CCCCCCCCCOc1ccc(C(=O)O)cc1. The van der Waals surface area contributed by atoms with Crippen molar-refractivity contribution < 1.29 is 24.2 Å². The molecule has 1 rings (SSSR count). The van der Waals surface area contributed by atoms with E-state index in [0.717, 1.165) is 32.1 Å². The summed E-state index contributed by atoms with van der Waals surface area (Å²) in [5.41, 5.74) is 0.269. The number of hydrogen-bond acceptors (Lipinski definition) is 4. The maximum Gasteiger partial charge on any atom is 0.335 e. The standard InChI is InChI=1S/C19H28O5/c1-2-23-18(20)10-8-6-4-3-5-7-9-15-24-17-13-11-16(12-14-17)19(21)22/h11-14H,2-10,15H2,1H3,(H,21,22). The van der Waals surface area contributed by atoms with Gasteiger partial charge in [-0.2, -0.15) is 0 Å². The van der Waals surface area contributed by atoms with E-state index in [4.69, 9.17) is 14.6 Å². The Bertz CT molecular complexity index is 481. The number of unbranched alkanes of at least 4 members (excludes halogenated alkanes) is 6. The summed E-state index contributed by atoms with van der Waals surface area (Å²) in [6.45, 7) is 2.94. The van der Waals surface area contributed by atoms with E-state index in [-0.39, 0.29) is 11.5 Å². The van der Waals surface area contributed by atoms with Crippen LogP contribution in [0.5, 0.6) is 5.75 Å². The molecule has 5 heteroatoms. The van der Waals surface area contributed by atoms with Crippen molar-refractivity contribution in [2.75, 3.05) is 13.2 Å². The molecule has 24 heavy (non-hydrogen) atoms. The lowest BCUT2D eigenvalue weighted by Gasteiger charge is -2.06. The summed E-state index contributed by atoms with van der Waals surface area (Å²) in [4.78, 5) is 21.9. The molecule has 1 aromatic carbocycles. The van der Waals surface area contributed by atoms with Gasteiger partial charge in [0.15, 0.2) is 0 Å². The molecular formula is C19H28O5. The summed E-state index contributed by atoms with van der Waals surface area (Å²) in [6, 6.07) is 6.47. The van der Waals surface area contributed by atoms with Crippen LogP contribution in [0.2, 0.25) is 0 Å². The van der Waals surface area contributed by atoms with E-state index in [9.17, 15) is 9.59 Å². The van der Waals surface area contributed by atoms with E-state index < -0.39 is 5.97 Å². The zero-order valence-corrected chi connectivity index (χ0v) is 14.5. The van der Waals surface area contributed by atoms with Crippen molar-refractivity contribution in [1.82, 2.24) is 0 Å². The quantitative estimate of drug-likeness (QED) is 0.425.